The molecule has 9 heteroatoms. The van der Waals surface area contributed by atoms with E-state index in [1.54, 1.807) is 56.4 Å². The van der Waals surface area contributed by atoms with Crippen LogP contribution in [-0.4, -0.2) is 42.9 Å². The van der Waals surface area contributed by atoms with E-state index in [1.807, 2.05) is 0 Å². The molecule has 0 saturated heterocycles. The average molecular weight is 427 g/mol. The molecular formula is C21H21N3O5S. The minimum atomic E-state index is -3.43. The first-order valence-corrected chi connectivity index (χ1v) is 11.0. The zero-order valence-electron chi connectivity index (χ0n) is 16.7. The van der Waals surface area contributed by atoms with Crippen molar-refractivity contribution in [3.05, 3.63) is 71.5 Å². The van der Waals surface area contributed by atoms with Crippen LogP contribution in [-0.2, 0) is 14.6 Å². The summed E-state index contributed by atoms with van der Waals surface area (Å²) in [6, 6.07) is 12.9. The summed E-state index contributed by atoms with van der Waals surface area (Å²) < 4.78 is 30.0. The molecule has 1 aromatic heterocycles. The number of nitrogens with zero attached hydrogens (tertiary/aromatic N) is 2. The first-order valence-electron chi connectivity index (χ1n) is 9.14. The summed E-state index contributed by atoms with van der Waals surface area (Å²) >= 11 is 0. The molecule has 2 aromatic carbocycles. The zero-order chi connectivity index (χ0) is 21.9. The maximum absolute atomic E-state index is 12.7. The fourth-order valence-corrected chi connectivity index (χ4v) is 3.43. The first kappa shape index (κ1) is 21.3. The number of hydrogen-bond donors (Lipinski definition) is 1. The third-order valence-corrected chi connectivity index (χ3v) is 5.43. The monoisotopic (exact) mass is 427 g/mol. The highest BCUT2D eigenvalue weighted by Crippen LogP contribution is 2.19. The van der Waals surface area contributed by atoms with Crippen LogP contribution in [0.2, 0.25) is 0 Å². The van der Waals surface area contributed by atoms with Gasteiger partial charge < -0.3 is 10.1 Å². The van der Waals surface area contributed by atoms with Gasteiger partial charge in [-0.2, -0.15) is 5.10 Å². The first-order chi connectivity index (χ1) is 14.2. The number of amides is 1. The van der Waals surface area contributed by atoms with Gasteiger partial charge in [0, 0.05) is 23.7 Å². The number of anilines is 1. The Morgan fingerprint density at radius 1 is 1.13 bits per heavy atom. The maximum Gasteiger partial charge on any atom is 0.358 e. The van der Waals surface area contributed by atoms with Crippen LogP contribution in [0.1, 0.15) is 33.3 Å². The van der Waals surface area contributed by atoms with Gasteiger partial charge in [0.05, 0.1) is 17.2 Å². The molecule has 0 radical (unpaired) electrons. The van der Waals surface area contributed by atoms with Gasteiger partial charge in [-0.25, -0.2) is 17.9 Å². The summed E-state index contributed by atoms with van der Waals surface area (Å²) in [5, 5.41) is 6.96. The number of rotatable bonds is 6. The topological polar surface area (TPSA) is 107 Å². The fourth-order valence-electron chi connectivity index (χ4n) is 2.78. The Labute approximate surface area is 174 Å². The predicted molar refractivity (Wildman–Crippen MR) is 112 cm³/mol. The number of ether oxygens (including phenoxy) is 1. The Bertz CT molecular complexity index is 1210. The van der Waals surface area contributed by atoms with Crippen LogP contribution < -0.4 is 5.32 Å². The average Bonchev–Trinajstić information content (AvgIpc) is 3.18. The van der Waals surface area contributed by atoms with Gasteiger partial charge in [0.15, 0.2) is 15.5 Å². The molecule has 0 atom stereocenters. The minimum Gasteiger partial charge on any atom is -0.461 e. The van der Waals surface area contributed by atoms with Crippen LogP contribution in [0, 0.1) is 6.92 Å². The standard InChI is InChI=1S/C21H21N3O5S/c1-4-29-21(26)19-10-11-24(23-19)16-7-5-6-15(12-16)22-20(25)18-13-17(30(3,27)28)9-8-14(18)2/h5-13H,4H2,1-3H3,(H,22,25). The zero-order valence-corrected chi connectivity index (χ0v) is 17.6. The molecule has 8 nitrogen and oxygen atoms in total. The van der Waals surface area contributed by atoms with Crippen molar-refractivity contribution in [2.24, 2.45) is 0 Å². The van der Waals surface area contributed by atoms with Gasteiger partial charge in [0.1, 0.15) is 0 Å². The lowest BCUT2D eigenvalue weighted by Crippen LogP contribution is -2.14. The number of esters is 1. The third-order valence-electron chi connectivity index (χ3n) is 4.32. The van der Waals surface area contributed by atoms with E-state index in [0.717, 1.165) is 6.26 Å². The Morgan fingerprint density at radius 2 is 1.90 bits per heavy atom. The lowest BCUT2D eigenvalue weighted by molar-refractivity contribution is 0.0519. The summed E-state index contributed by atoms with van der Waals surface area (Å²) in [7, 11) is -3.43. The molecule has 0 aliphatic rings. The molecule has 1 amide bonds. The van der Waals surface area contributed by atoms with Crippen LogP contribution in [0.5, 0.6) is 0 Å². The molecule has 0 saturated carbocycles. The van der Waals surface area contributed by atoms with Gasteiger partial charge in [-0.05, 0) is 55.8 Å². The SMILES string of the molecule is CCOC(=O)c1ccn(-c2cccc(NC(=O)c3cc(S(C)(=O)=O)ccc3C)c2)n1. The van der Waals surface area contributed by atoms with Gasteiger partial charge >= 0.3 is 5.97 Å². The van der Waals surface area contributed by atoms with Crippen LogP contribution in [0.4, 0.5) is 5.69 Å². The van der Waals surface area contributed by atoms with Crippen molar-refractivity contribution in [2.45, 2.75) is 18.7 Å². The summed E-state index contributed by atoms with van der Waals surface area (Å²) in [4.78, 5) is 24.6. The Morgan fingerprint density at radius 3 is 2.60 bits per heavy atom. The third kappa shape index (κ3) is 4.74. The van der Waals surface area contributed by atoms with Gasteiger partial charge in [-0.3, -0.25) is 4.79 Å². The minimum absolute atomic E-state index is 0.0787. The number of carbonyl (C=O) groups excluding carboxylic acids is 2. The molecule has 0 aliphatic heterocycles. The predicted octanol–water partition coefficient (Wildman–Crippen LogP) is 3.01. The lowest BCUT2D eigenvalue weighted by Gasteiger charge is -2.10. The highest BCUT2D eigenvalue weighted by atomic mass is 32.2. The summed E-state index contributed by atoms with van der Waals surface area (Å²) in [5.74, 6) is -0.940. The van der Waals surface area contributed by atoms with Crippen molar-refractivity contribution in [1.29, 1.82) is 0 Å². The molecule has 0 unspecified atom stereocenters. The summed E-state index contributed by atoms with van der Waals surface area (Å²) in [6.45, 7) is 3.71. The van der Waals surface area contributed by atoms with Crippen molar-refractivity contribution in [3.63, 3.8) is 0 Å². The van der Waals surface area contributed by atoms with E-state index in [2.05, 4.69) is 10.4 Å². The smallest absolute Gasteiger partial charge is 0.358 e. The van der Waals surface area contributed by atoms with E-state index in [9.17, 15) is 18.0 Å². The summed E-state index contributed by atoms with van der Waals surface area (Å²) in [6.07, 6.45) is 2.71. The van der Waals surface area contributed by atoms with Crippen molar-refractivity contribution >= 4 is 27.4 Å². The molecular weight excluding hydrogens is 406 g/mol. The lowest BCUT2D eigenvalue weighted by atomic mass is 10.1. The van der Waals surface area contributed by atoms with Gasteiger partial charge in [-0.1, -0.05) is 12.1 Å². The van der Waals surface area contributed by atoms with Gasteiger partial charge in [0.25, 0.3) is 5.91 Å². The van der Waals surface area contributed by atoms with Crippen LogP contribution in [0.25, 0.3) is 5.69 Å². The number of benzene rings is 2. The second-order valence-electron chi connectivity index (χ2n) is 6.62. The molecule has 1 heterocycles. The largest absolute Gasteiger partial charge is 0.461 e. The normalized spacial score (nSPS) is 11.2. The highest BCUT2D eigenvalue weighted by molar-refractivity contribution is 7.90. The number of carbonyl (C=O) groups is 2. The van der Waals surface area contributed by atoms with E-state index in [4.69, 9.17) is 4.74 Å². The molecule has 3 aromatic rings. The number of nitrogens with one attached hydrogen (secondary N) is 1. The van der Waals surface area contributed by atoms with E-state index in [1.165, 1.54) is 16.8 Å². The summed E-state index contributed by atoms with van der Waals surface area (Å²) in [5.41, 5.74) is 2.23. The van der Waals surface area contributed by atoms with Crippen LogP contribution in [0.15, 0.2) is 59.6 Å². The van der Waals surface area contributed by atoms with Crippen LogP contribution in [0.3, 0.4) is 0 Å². The Kier molecular flexibility index (Phi) is 6.02. The molecule has 0 fully saturated rings. The second kappa shape index (κ2) is 8.50. The van der Waals surface area contributed by atoms with Gasteiger partial charge in [-0.15, -0.1) is 0 Å². The molecule has 3 rings (SSSR count). The molecule has 156 valence electrons. The van der Waals surface area contributed by atoms with Crippen molar-refractivity contribution < 1.29 is 22.7 Å². The number of aromatic nitrogens is 2. The molecule has 0 spiro atoms. The van der Waals surface area contributed by atoms with E-state index >= 15 is 0 Å². The van der Waals surface area contributed by atoms with Crippen molar-refractivity contribution in [2.75, 3.05) is 18.2 Å². The van der Waals surface area contributed by atoms with E-state index in [-0.39, 0.29) is 22.8 Å². The number of aryl methyl sites for hydroxylation is 1. The molecule has 0 bridgehead atoms. The van der Waals surface area contributed by atoms with E-state index in [0.29, 0.717) is 16.9 Å². The van der Waals surface area contributed by atoms with E-state index < -0.39 is 21.7 Å². The maximum atomic E-state index is 12.7. The highest BCUT2D eigenvalue weighted by Gasteiger charge is 2.15. The fraction of sp³-hybridized carbons (Fsp3) is 0.190. The number of sulfone groups is 1. The Balaban J connectivity index is 1.84. The molecule has 1 N–H and O–H groups in total. The second-order valence-corrected chi connectivity index (χ2v) is 8.64. The van der Waals surface area contributed by atoms with Crippen molar-refractivity contribution in [3.8, 4) is 5.69 Å². The molecule has 30 heavy (non-hydrogen) atoms. The quantitative estimate of drug-likeness (QED) is 0.606. The Hall–Kier alpha value is -3.46. The van der Waals surface area contributed by atoms with Crippen LogP contribution >= 0.6 is 0 Å². The number of hydrogen-bond acceptors (Lipinski definition) is 6. The molecule has 0 aliphatic carbocycles. The van der Waals surface area contributed by atoms with Crippen molar-refractivity contribution in [1.82, 2.24) is 9.78 Å². The van der Waals surface area contributed by atoms with Gasteiger partial charge in [0.2, 0.25) is 0 Å².